The van der Waals surface area contributed by atoms with E-state index in [1.807, 2.05) is 0 Å². The second kappa shape index (κ2) is 5.19. The molecule has 1 aromatic rings. The summed E-state index contributed by atoms with van der Waals surface area (Å²) in [4.78, 5) is 21.0. The standard InChI is InChI=1S/C11H7ClO4/c12-8-4-5-9(11(15)16)7(6-8)2-1-3-10(13)14/h4-6H,3H2,(H,13,14)(H,15,16). The number of aromatic carboxylic acids is 1. The van der Waals surface area contributed by atoms with Crippen LogP contribution in [0.15, 0.2) is 18.2 Å². The second-order valence-corrected chi connectivity index (χ2v) is 3.30. The van der Waals surface area contributed by atoms with Gasteiger partial charge in [-0.25, -0.2) is 4.79 Å². The third-order valence-electron chi connectivity index (χ3n) is 1.67. The van der Waals surface area contributed by atoms with Crippen LogP contribution in [-0.4, -0.2) is 22.2 Å². The summed E-state index contributed by atoms with van der Waals surface area (Å²) in [7, 11) is 0. The van der Waals surface area contributed by atoms with E-state index in [1.165, 1.54) is 18.2 Å². The molecule has 16 heavy (non-hydrogen) atoms. The van der Waals surface area contributed by atoms with Gasteiger partial charge >= 0.3 is 11.9 Å². The first-order valence-corrected chi connectivity index (χ1v) is 4.62. The summed E-state index contributed by atoms with van der Waals surface area (Å²) in [6, 6.07) is 4.16. The van der Waals surface area contributed by atoms with E-state index in [0.29, 0.717) is 5.02 Å². The summed E-state index contributed by atoms with van der Waals surface area (Å²) in [5.41, 5.74) is 0.212. The van der Waals surface area contributed by atoms with Gasteiger partial charge in [-0.2, -0.15) is 0 Å². The average molecular weight is 239 g/mol. The molecule has 0 atom stereocenters. The average Bonchev–Trinajstić information content (AvgIpc) is 2.16. The van der Waals surface area contributed by atoms with Gasteiger partial charge in [0.25, 0.3) is 0 Å². The highest BCUT2D eigenvalue weighted by molar-refractivity contribution is 6.30. The van der Waals surface area contributed by atoms with Crippen LogP contribution in [0.3, 0.4) is 0 Å². The number of carboxylic acid groups (broad SMARTS) is 2. The molecular formula is C11H7ClO4. The molecule has 0 bridgehead atoms. The number of aliphatic carboxylic acids is 1. The van der Waals surface area contributed by atoms with Gasteiger partial charge in [-0.05, 0) is 18.2 Å². The molecular weight excluding hydrogens is 232 g/mol. The van der Waals surface area contributed by atoms with Crippen molar-refractivity contribution in [2.45, 2.75) is 6.42 Å². The van der Waals surface area contributed by atoms with Gasteiger partial charge in [0, 0.05) is 10.6 Å². The summed E-state index contributed by atoms with van der Waals surface area (Å²) in [5, 5.41) is 17.6. The summed E-state index contributed by atoms with van der Waals surface area (Å²) < 4.78 is 0. The van der Waals surface area contributed by atoms with E-state index in [0.717, 1.165) is 0 Å². The van der Waals surface area contributed by atoms with Gasteiger partial charge in [-0.1, -0.05) is 23.4 Å². The third-order valence-corrected chi connectivity index (χ3v) is 1.91. The molecule has 2 N–H and O–H groups in total. The first-order chi connectivity index (χ1) is 7.50. The van der Waals surface area contributed by atoms with E-state index in [2.05, 4.69) is 11.8 Å². The molecule has 4 nitrogen and oxygen atoms in total. The molecule has 0 unspecified atom stereocenters. The lowest BCUT2D eigenvalue weighted by atomic mass is 10.1. The maximum atomic E-state index is 10.8. The van der Waals surface area contributed by atoms with Crippen LogP contribution in [0.1, 0.15) is 22.3 Å². The lowest BCUT2D eigenvalue weighted by Gasteiger charge is -1.98. The molecule has 0 aliphatic carbocycles. The Bertz CT molecular complexity index is 496. The normalized spacial score (nSPS) is 9.06. The fraction of sp³-hybridized carbons (Fsp3) is 0.0909. The van der Waals surface area contributed by atoms with Gasteiger partial charge in [-0.3, -0.25) is 4.79 Å². The van der Waals surface area contributed by atoms with Crippen molar-refractivity contribution in [3.05, 3.63) is 34.3 Å². The van der Waals surface area contributed by atoms with Crippen molar-refractivity contribution in [2.24, 2.45) is 0 Å². The van der Waals surface area contributed by atoms with Crippen molar-refractivity contribution in [2.75, 3.05) is 0 Å². The van der Waals surface area contributed by atoms with Crippen LogP contribution in [0.2, 0.25) is 5.02 Å². The van der Waals surface area contributed by atoms with Gasteiger partial charge in [-0.15, -0.1) is 0 Å². The smallest absolute Gasteiger partial charge is 0.336 e. The van der Waals surface area contributed by atoms with E-state index in [-0.39, 0.29) is 17.5 Å². The van der Waals surface area contributed by atoms with Gasteiger partial charge in [0.2, 0.25) is 0 Å². The highest BCUT2D eigenvalue weighted by Gasteiger charge is 2.08. The number of hydrogen-bond donors (Lipinski definition) is 2. The molecule has 1 rings (SSSR count). The molecule has 0 aliphatic heterocycles. The van der Waals surface area contributed by atoms with E-state index < -0.39 is 11.9 Å². The number of benzene rings is 1. The quantitative estimate of drug-likeness (QED) is 0.772. The maximum Gasteiger partial charge on any atom is 0.336 e. The predicted molar refractivity (Wildman–Crippen MR) is 57.5 cm³/mol. The molecule has 0 aliphatic rings. The minimum atomic E-state index is -1.13. The molecule has 0 spiro atoms. The van der Waals surface area contributed by atoms with Crippen molar-refractivity contribution in [3.63, 3.8) is 0 Å². The summed E-state index contributed by atoms with van der Waals surface area (Å²) in [6.45, 7) is 0. The number of rotatable bonds is 2. The van der Waals surface area contributed by atoms with Gasteiger partial charge in [0.15, 0.2) is 0 Å². The van der Waals surface area contributed by atoms with Gasteiger partial charge in [0.05, 0.1) is 5.56 Å². The number of hydrogen-bond acceptors (Lipinski definition) is 2. The van der Waals surface area contributed by atoms with Crippen LogP contribution < -0.4 is 0 Å². The Labute approximate surface area is 96.5 Å². The molecule has 0 amide bonds. The molecule has 0 fully saturated rings. The van der Waals surface area contributed by atoms with Gasteiger partial charge < -0.3 is 10.2 Å². The third kappa shape index (κ3) is 3.30. The topological polar surface area (TPSA) is 74.6 Å². The molecule has 0 heterocycles. The van der Waals surface area contributed by atoms with Gasteiger partial charge in [0.1, 0.15) is 6.42 Å². The van der Waals surface area contributed by atoms with E-state index in [9.17, 15) is 9.59 Å². The lowest BCUT2D eigenvalue weighted by Crippen LogP contribution is -1.99. The molecule has 0 saturated heterocycles. The lowest BCUT2D eigenvalue weighted by molar-refractivity contribution is -0.135. The molecule has 5 heteroatoms. The molecule has 0 radical (unpaired) electrons. The monoisotopic (exact) mass is 238 g/mol. The summed E-state index contributed by atoms with van der Waals surface area (Å²) >= 11 is 5.69. The Balaban J connectivity index is 3.08. The molecule has 1 aromatic carbocycles. The SMILES string of the molecule is O=C(O)CC#Cc1cc(Cl)ccc1C(=O)O. The van der Waals surface area contributed by atoms with Crippen LogP contribution in [0.5, 0.6) is 0 Å². The highest BCUT2D eigenvalue weighted by Crippen LogP contribution is 2.15. The van der Waals surface area contributed by atoms with Crippen LogP contribution in [0.25, 0.3) is 0 Å². The van der Waals surface area contributed by atoms with Crippen molar-refractivity contribution in [3.8, 4) is 11.8 Å². The molecule has 0 aromatic heterocycles. The van der Waals surface area contributed by atoms with Crippen molar-refractivity contribution >= 4 is 23.5 Å². The number of halogens is 1. The number of carbonyl (C=O) groups is 2. The summed E-state index contributed by atoms with van der Waals surface area (Å²) in [6.07, 6.45) is -0.342. The Kier molecular flexibility index (Phi) is 3.92. The van der Waals surface area contributed by atoms with Crippen molar-refractivity contribution in [1.82, 2.24) is 0 Å². The van der Waals surface area contributed by atoms with Crippen molar-refractivity contribution < 1.29 is 19.8 Å². The van der Waals surface area contributed by atoms with E-state index in [1.54, 1.807) is 0 Å². The van der Waals surface area contributed by atoms with Crippen molar-refractivity contribution in [1.29, 1.82) is 0 Å². The second-order valence-electron chi connectivity index (χ2n) is 2.87. The minimum Gasteiger partial charge on any atom is -0.481 e. The van der Waals surface area contributed by atoms with Crippen LogP contribution >= 0.6 is 11.6 Å². The molecule has 0 saturated carbocycles. The fourth-order valence-corrected chi connectivity index (χ4v) is 1.19. The predicted octanol–water partition coefficient (Wildman–Crippen LogP) is 1.86. The fourth-order valence-electron chi connectivity index (χ4n) is 1.02. The number of carboxylic acids is 2. The van der Waals surface area contributed by atoms with E-state index in [4.69, 9.17) is 21.8 Å². The Morgan fingerprint density at radius 3 is 2.56 bits per heavy atom. The summed E-state index contributed by atoms with van der Waals surface area (Å²) in [5.74, 6) is 2.63. The van der Waals surface area contributed by atoms with Crippen LogP contribution in [0, 0.1) is 11.8 Å². The first kappa shape index (κ1) is 12.1. The first-order valence-electron chi connectivity index (χ1n) is 4.24. The zero-order valence-electron chi connectivity index (χ0n) is 8.03. The zero-order valence-corrected chi connectivity index (χ0v) is 8.78. The molecule has 82 valence electrons. The van der Waals surface area contributed by atoms with E-state index >= 15 is 0 Å². The maximum absolute atomic E-state index is 10.8. The van der Waals surface area contributed by atoms with Crippen LogP contribution in [-0.2, 0) is 4.79 Å². The zero-order chi connectivity index (χ0) is 12.1. The Morgan fingerprint density at radius 1 is 1.31 bits per heavy atom. The Morgan fingerprint density at radius 2 is 2.00 bits per heavy atom. The Hall–Kier alpha value is -1.99. The highest BCUT2D eigenvalue weighted by atomic mass is 35.5. The minimum absolute atomic E-state index is 0.00212. The van der Waals surface area contributed by atoms with Crippen LogP contribution in [0.4, 0.5) is 0 Å². The largest absolute Gasteiger partial charge is 0.481 e.